The first-order chi connectivity index (χ1) is 19.2. The third kappa shape index (κ3) is 4.29. The maximum Gasteiger partial charge on any atom is 0.266 e. The van der Waals surface area contributed by atoms with Crippen LogP contribution >= 0.6 is 0 Å². The molecule has 2 aliphatic rings. The molecule has 2 aliphatic heterocycles. The zero-order valence-electron chi connectivity index (χ0n) is 21.2. The second kappa shape index (κ2) is 9.68. The highest BCUT2D eigenvalue weighted by molar-refractivity contribution is 6.09. The summed E-state index contributed by atoms with van der Waals surface area (Å²) in [5.41, 5.74) is 8.13. The number of fused-ring (bicyclic) bond motifs is 1. The molecule has 6 nitrogen and oxygen atoms in total. The van der Waals surface area contributed by atoms with E-state index in [0.29, 0.717) is 35.3 Å². The summed E-state index contributed by atoms with van der Waals surface area (Å²) in [5.74, 6) is -2.08. The molecular formula is C31H23F3N4O2. The van der Waals surface area contributed by atoms with E-state index in [9.17, 15) is 22.8 Å². The molecule has 4 aromatic carbocycles. The van der Waals surface area contributed by atoms with Gasteiger partial charge < -0.3 is 10.6 Å². The van der Waals surface area contributed by atoms with Crippen LogP contribution in [0.1, 0.15) is 38.2 Å². The number of benzene rings is 4. The first-order valence-electron chi connectivity index (χ1n) is 12.6. The fourth-order valence-electron chi connectivity index (χ4n) is 5.33. The zero-order chi connectivity index (χ0) is 28.0. The van der Waals surface area contributed by atoms with Crippen LogP contribution in [0.5, 0.6) is 0 Å². The monoisotopic (exact) mass is 540 g/mol. The van der Waals surface area contributed by atoms with Crippen molar-refractivity contribution in [3.63, 3.8) is 0 Å². The number of carbonyl (C=O) groups excluding carboxylic acids is 2. The summed E-state index contributed by atoms with van der Waals surface area (Å²) in [5, 5.41) is 0. The van der Waals surface area contributed by atoms with Crippen LogP contribution in [0.3, 0.4) is 0 Å². The molecule has 0 unspecified atom stereocenters. The van der Waals surface area contributed by atoms with Crippen LogP contribution < -0.4 is 5.73 Å². The van der Waals surface area contributed by atoms with Crippen LogP contribution in [0.2, 0.25) is 0 Å². The minimum Gasteiger partial charge on any atom is -0.369 e. The van der Waals surface area contributed by atoms with E-state index in [4.69, 9.17) is 5.73 Å². The van der Waals surface area contributed by atoms with E-state index in [2.05, 4.69) is 4.99 Å². The Morgan fingerprint density at radius 1 is 0.800 bits per heavy atom. The molecule has 200 valence electrons. The van der Waals surface area contributed by atoms with E-state index < -0.39 is 23.1 Å². The van der Waals surface area contributed by atoms with E-state index in [1.165, 1.54) is 65.6 Å². The van der Waals surface area contributed by atoms with Gasteiger partial charge in [0.05, 0.1) is 6.54 Å². The molecule has 0 aromatic heterocycles. The fraction of sp³-hybridized carbons (Fsp3) is 0.129. The van der Waals surface area contributed by atoms with Gasteiger partial charge in [-0.05, 0) is 76.3 Å². The van der Waals surface area contributed by atoms with Crippen molar-refractivity contribution in [2.24, 2.45) is 10.7 Å². The highest BCUT2D eigenvalue weighted by atomic mass is 19.1. The third-order valence-corrected chi connectivity index (χ3v) is 7.33. The van der Waals surface area contributed by atoms with Gasteiger partial charge in [0.2, 0.25) is 0 Å². The lowest BCUT2D eigenvalue weighted by molar-refractivity contribution is -0.130. The summed E-state index contributed by atoms with van der Waals surface area (Å²) in [6.07, 6.45) is 0. The number of aliphatic imine (C=N–C) groups is 1. The number of rotatable bonds is 5. The molecule has 2 heterocycles. The normalized spacial score (nSPS) is 15.8. The standard InChI is InChI=1S/C31H23F3N4O2/c32-25-10-5-23(6-11-25)31(24-7-12-26(33)13-8-24)29(40)38(30(35)36-31)16-19-2-1-3-20(14-19)28(39)37-17-21-4-9-27(34)15-22(21)18-37/h1-15H,16-18H2,(H2,35,36). The van der Waals surface area contributed by atoms with Crippen molar-refractivity contribution in [3.8, 4) is 0 Å². The Bertz CT molecular complexity index is 1620. The van der Waals surface area contributed by atoms with Crippen molar-refractivity contribution in [1.29, 1.82) is 0 Å². The van der Waals surface area contributed by atoms with E-state index >= 15 is 0 Å². The van der Waals surface area contributed by atoms with Crippen LogP contribution in [0.15, 0.2) is 96.0 Å². The Hall–Kier alpha value is -4.92. The van der Waals surface area contributed by atoms with Gasteiger partial charge in [0.25, 0.3) is 11.8 Å². The Morgan fingerprint density at radius 3 is 2.05 bits per heavy atom. The summed E-state index contributed by atoms with van der Waals surface area (Å²) >= 11 is 0. The summed E-state index contributed by atoms with van der Waals surface area (Å²) in [6.45, 7) is 0.698. The highest BCUT2D eigenvalue weighted by Gasteiger charge is 2.50. The van der Waals surface area contributed by atoms with E-state index in [-0.39, 0.29) is 24.2 Å². The molecule has 0 atom stereocenters. The summed E-state index contributed by atoms with van der Waals surface area (Å²) in [6, 6.07) is 22.1. The van der Waals surface area contributed by atoms with Gasteiger partial charge in [-0.25, -0.2) is 18.2 Å². The van der Waals surface area contributed by atoms with Crippen LogP contribution in [-0.4, -0.2) is 27.6 Å². The summed E-state index contributed by atoms with van der Waals surface area (Å²) < 4.78 is 41.1. The minimum absolute atomic E-state index is 0.0187. The molecular weight excluding hydrogens is 517 g/mol. The number of amides is 2. The van der Waals surface area contributed by atoms with Crippen LogP contribution in [0.4, 0.5) is 13.2 Å². The molecule has 0 radical (unpaired) electrons. The van der Waals surface area contributed by atoms with E-state index in [0.717, 1.165) is 11.1 Å². The highest BCUT2D eigenvalue weighted by Crippen LogP contribution is 2.40. The SMILES string of the molecule is NC1=NC(c2ccc(F)cc2)(c2ccc(F)cc2)C(=O)N1Cc1cccc(C(=O)N2Cc3ccc(F)cc3C2)c1. The van der Waals surface area contributed by atoms with Gasteiger partial charge in [0, 0.05) is 18.7 Å². The van der Waals surface area contributed by atoms with Gasteiger partial charge in [-0.3, -0.25) is 14.5 Å². The molecule has 0 saturated heterocycles. The first kappa shape index (κ1) is 25.4. The molecule has 0 bridgehead atoms. The number of hydrogen-bond acceptors (Lipinski definition) is 4. The average molecular weight is 541 g/mol. The quantitative estimate of drug-likeness (QED) is 0.393. The van der Waals surface area contributed by atoms with Crippen molar-refractivity contribution in [3.05, 3.63) is 142 Å². The lowest BCUT2D eigenvalue weighted by Crippen LogP contribution is -2.43. The molecule has 4 aromatic rings. The minimum atomic E-state index is -1.63. The smallest absolute Gasteiger partial charge is 0.266 e. The van der Waals surface area contributed by atoms with Crippen molar-refractivity contribution in [2.45, 2.75) is 25.2 Å². The Balaban J connectivity index is 1.29. The van der Waals surface area contributed by atoms with Crippen LogP contribution in [0, 0.1) is 17.5 Å². The van der Waals surface area contributed by atoms with Crippen LogP contribution in [0.25, 0.3) is 0 Å². The number of guanidine groups is 1. The molecule has 0 saturated carbocycles. The van der Waals surface area contributed by atoms with Gasteiger partial charge in [-0.15, -0.1) is 0 Å². The Kier molecular flexibility index (Phi) is 6.14. The second-order valence-electron chi connectivity index (χ2n) is 9.86. The molecule has 0 aliphatic carbocycles. The number of halogens is 3. The summed E-state index contributed by atoms with van der Waals surface area (Å²) in [7, 11) is 0. The number of carbonyl (C=O) groups is 2. The Labute approximate surface area is 228 Å². The predicted octanol–water partition coefficient (Wildman–Crippen LogP) is 4.86. The van der Waals surface area contributed by atoms with E-state index in [1.807, 2.05) is 0 Å². The number of hydrogen-bond donors (Lipinski definition) is 1. The molecule has 2 N–H and O–H groups in total. The van der Waals surface area contributed by atoms with Gasteiger partial charge >= 0.3 is 0 Å². The van der Waals surface area contributed by atoms with Crippen molar-refractivity contribution >= 4 is 17.8 Å². The predicted molar refractivity (Wildman–Crippen MR) is 142 cm³/mol. The van der Waals surface area contributed by atoms with Gasteiger partial charge in [-0.2, -0.15) is 0 Å². The molecule has 9 heteroatoms. The second-order valence-corrected chi connectivity index (χ2v) is 9.86. The topological polar surface area (TPSA) is 79.0 Å². The largest absolute Gasteiger partial charge is 0.369 e. The van der Waals surface area contributed by atoms with Gasteiger partial charge in [-0.1, -0.05) is 42.5 Å². The lowest BCUT2D eigenvalue weighted by atomic mass is 9.82. The van der Waals surface area contributed by atoms with Gasteiger partial charge in [0.15, 0.2) is 11.5 Å². The lowest BCUT2D eigenvalue weighted by Gasteiger charge is -2.27. The number of nitrogens with zero attached hydrogens (tertiary/aromatic N) is 3. The molecule has 40 heavy (non-hydrogen) atoms. The van der Waals surface area contributed by atoms with Gasteiger partial charge in [0.1, 0.15) is 17.5 Å². The number of nitrogens with two attached hydrogens (primary N) is 1. The van der Waals surface area contributed by atoms with Crippen molar-refractivity contribution in [1.82, 2.24) is 9.80 Å². The average Bonchev–Trinajstić information content (AvgIpc) is 3.48. The third-order valence-electron chi connectivity index (χ3n) is 7.33. The maximum atomic E-state index is 14.0. The van der Waals surface area contributed by atoms with Crippen LogP contribution in [-0.2, 0) is 30.0 Å². The van der Waals surface area contributed by atoms with Crippen molar-refractivity contribution < 1.29 is 22.8 Å². The molecule has 0 fully saturated rings. The molecule has 2 amide bonds. The zero-order valence-corrected chi connectivity index (χ0v) is 21.2. The van der Waals surface area contributed by atoms with E-state index in [1.54, 1.807) is 35.2 Å². The molecule has 0 spiro atoms. The Morgan fingerprint density at radius 2 is 1.40 bits per heavy atom. The first-order valence-corrected chi connectivity index (χ1v) is 12.6. The fourth-order valence-corrected chi connectivity index (χ4v) is 5.33. The maximum absolute atomic E-state index is 14.0. The molecule has 6 rings (SSSR count). The van der Waals surface area contributed by atoms with Crippen molar-refractivity contribution in [2.75, 3.05) is 0 Å². The summed E-state index contributed by atoms with van der Waals surface area (Å²) in [4.78, 5) is 34.8.